The average molecular weight is 334 g/mol. The summed E-state index contributed by atoms with van der Waals surface area (Å²) in [5.74, 6) is 2.48. The number of nitrogens with two attached hydrogens (primary N) is 1. The van der Waals surface area contributed by atoms with Crippen LogP contribution < -0.4 is 11.1 Å². The van der Waals surface area contributed by atoms with E-state index in [1.807, 2.05) is 13.8 Å². The van der Waals surface area contributed by atoms with E-state index in [9.17, 15) is 4.79 Å². The van der Waals surface area contributed by atoms with Crippen molar-refractivity contribution in [2.75, 3.05) is 19.6 Å². The molecule has 1 aliphatic carbocycles. The van der Waals surface area contributed by atoms with Crippen molar-refractivity contribution in [3.8, 4) is 0 Å². The van der Waals surface area contributed by atoms with E-state index in [1.54, 1.807) is 0 Å². The van der Waals surface area contributed by atoms with Gasteiger partial charge < -0.3 is 15.5 Å². The number of nitrogens with zero attached hydrogens (tertiary/aromatic N) is 2. The van der Waals surface area contributed by atoms with Crippen LogP contribution in [0.5, 0.6) is 0 Å². The second-order valence-corrected chi connectivity index (χ2v) is 7.42. The zero-order chi connectivity index (χ0) is 17.1. The Morgan fingerprint density at radius 1 is 1.29 bits per heavy atom. The maximum atomic E-state index is 12.2. The molecule has 2 atom stereocenters. The van der Waals surface area contributed by atoms with Crippen LogP contribution in [0.25, 0.3) is 0 Å². The molecule has 0 bridgehead atoms. The molecule has 3 N–H and O–H groups in total. The van der Waals surface area contributed by atoms with Gasteiger partial charge in [-0.15, -0.1) is 0 Å². The molecule has 24 heavy (non-hydrogen) atoms. The number of piperidine rings is 1. The van der Waals surface area contributed by atoms with Gasteiger partial charge >= 0.3 is 0 Å². The van der Waals surface area contributed by atoms with Gasteiger partial charge in [-0.1, -0.05) is 6.42 Å². The Morgan fingerprint density at radius 2 is 2.04 bits per heavy atom. The minimum absolute atomic E-state index is 0.0293. The van der Waals surface area contributed by atoms with Crippen LogP contribution >= 0.6 is 0 Å². The molecule has 1 aromatic rings. The molecule has 2 aliphatic rings. The molecule has 0 radical (unpaired) electrons. The SMILES string of the molecule is Cc1nc(CN2CCC(CNC(=O)[C@@H]3CCC[C@H]3N)CC2)oc1C. The summed E-state index contributed by atoms with van der Waals surface area (Å²) in [4.78, 5) is 19.1. The molecule has 2 heterocycles. The summed E-state index contributed by atoms with van der Waals surface area (Å²) in [6.45, 7) is 7.57. The van der Waals surface area contributed by atoms with Crippen molar-refractivity contribution in [3.05, 3.63) is 17.3 Å². The van der Waals surface area contributed by atoms with Gasteiger partial charge in [0, 0.05) is 12.6 Å². The minimum atomic E-state index is 0.0293. The predicted octanol–water partition coefficient (Wildman–Crippen LogP) is 1.75. The lowest BCUT2D eigenvalue weighted by molar-refractivity contribution is -0.125. The number of hydrogen-bond donors (Lipinski definition) is 2. The molecule has 1 aliphatic heterocycles. The summed E-state index contributed by atoms with van der Waals surface area (Å²) in [7, 11) is 0. The number of hydrogen-bond acceptors (Lipinski definition) is 5. The lowest BCUT2D eigenvalue weighted by atomic mass is 9.96. The van der Waals surface area contributed by atoms with E-state index in [-0.39, 0.29) is 17.9 Å². The molecule has 1 amide bonds. The van der Waals surface area contributed by atoms with Gasteiger partial charge in [0.05, 0.1) is 18.2 Å². The third kappa shape index (κ3) is 4.16. The van der Waals surface area contributed by atoms with E-state index in [0.29, 0.717) is 5.92 Å². The highest BCUT2D eigenvalue weighted by molar-refractivity contribution is 5.79. The molecule has 6 nitrogen and oxygen atoms in total. The molecule has 134 valence electrons. The third-order valence-corrected chi connectivity index (χ3v) is 5.61. The van der Waals surface area contributed by atoms with Crippen molar-refractivity contribution < 1.29 is 9.21 Å². The quantitative estimate of drug-likeness (QED) is 0.857. The molecular weight excluding hydrogens is 304 g/mol. The van der Waals surface area contributed by atoms with E-state index in [4.69, 9.17) is 10.2 Å². The zero-order valence-electron chi connectivity index (χ0n) is 14.9. The van der Waals surface area contributed by atoms with E-state index in [0.717, 1.165) is 75.6 Å². The highest BCUT2D eigenvalue weighted by Gasteiger charge is 2.30. The molecule has 1 saturated heterocycles. The maximum absolute atomic E-state index is 12.2. The van der Waals surface area contributed by atoms with Crippen molar-refractivity contribution >= 4 is 5.91 Å². The monoisotopic (exact) mass is 334 g/mol. The standard InChI is InChI=1S/C18H30N4O2/c1-12-13(2)24-17(21-12)11-22-8-6-14(7-9-22)10-20-18(23)15-4-3-5-16(15)19/h14-16H,3-11,19H2,1-2H3,(H,20,23)/t15-,16-/m1/s1. The van der Waals surface area contributed by atoms with Crippen LogP contribution in [-0.2, 0) is 11.3 Å². The number of amides is 1. The lowest BCUT2D eigenvalue weighted by Crippen LogP contribution is -2.42. The number of nitrogens with one attached hydrogen (secondary N) is 1. The van der Waals surface area contributed by atoms with Crippen LogP contribution in [-0.4, -0.2) is 41.5 Å². The van der Waals surface area contributed by atoms with Crippen LogP contribution in [0.1, 0.15) is 49.4 Å². The van der Waals surface area contributed by atoms with Gasteiger partial charge in [-0.3, -0.25) is 9.69 Å². The Bertz CT molecular complexity index is 544. The van der Waals surface area contributed by atoms with Crippen LogP contribution in [0.4, 0.5) is 0 Å². The van der Waals surface area contributed by atoms with Crippen molar-refractivity contribution in [1.29, 1.82) is 0 Å². The first kappa shape index (κ1) is 17.4. The fourth-order valence-corrected chi connectivity index (χ4v) is 3.84. The first-order valence-corrected chi connectivity index (χ1v) is 9.21. The average Bonchev–Trinajstić information content (AvgIpc) is 3.12. The fourth-order valence-electron chi connectivity index (χ4n) is 3.84. The highest BCUT2D eigenvalue weighted by Crippen LogP contribution is 2.24. The largest absolute Gasteiger partial charge is 0.444 e. The second kappa shape index (κ2) is 7.66. The van der Waals surface area contributed by atoms with Gasteiger partial charge in [-0.2, -0.15) is 0 Å². The number of carbonyl (C=O) groups excluding carboxylic acids is 1. The Hall–Kier alpha value is -1.40. The van der Waals surface area contributed by atoms with Crippen LogP contribution in [0.2, 0.25) is 0 Å². The summed E-state index contributed by atoms with van der Waals surface area (Å²) in [5.41, 5.74) is 6.99. The van der Waals surface area contributed by atoms with Gasteiger partial charge in [-0.25, -0.2) is 4.98 Å². The normalized spacial score (nSPS) is 26.0. The summed E-state index contributed by atoms with van der Waals surface area (Å²) < 4.78 is 5.67. The molecule has 0 unspecified atom stereocenters. The Labute approximate surface area is 144 Å². The highest BCUT2D eigenvalue weighted by atomic mass is 16.4. The number of oxazole rings is 1. The van der Waals surface area contributed by atoms with Gasteiger partial charge in [-0.05, 0) is 58.5 Å². The minimum Gasteiger partial charge on any atom is -0.444 e. The van der Waals surface area contributed by atoms with Gasteiger partial charge in [0.15, 0.2) is 0 Å². The molecule has 6 heteroatoms. The predicted molar refractivity (Wildman–Crippen MR) is 92.3 cm³/mol. The molecule has 0 spiro atoms. The van der Waals surface area contributed by atoms with Gasteiger partial charge in [0.2, 0.25) is 11.8 Å². The summed E-state index contributed by atoms with van der Waals surface area (Å²) in [5, 5.41) is 3.13. The van der Waals surface area contributed by atoms with E-state index >= 15 is 0 Å². The number of carbonyl (C=O) groups is 1. The van der Waals surface area contributed by atoms with Crippen molar-refractivity contribution in [3.63, 3.8) is 0 Å². The van der Waals surface area contributed by atoms with Crippen molar-refractivity contribution in [1.82, 2.24) is 15.2 Å². The Kier molecular flexibility index (Phi) is 5.56. The molecule has 1 saturated carbocycles. The van der Waals surface area contributed by atoms with Crippen molar-refractivity contribution in [2.45, 2.75) is 58.5 Å². The van der Waals surface area contributed by atoms with Crippen LogP contribution in [0.3, 0.4) is 0 Å². The summed E-state index contributed by atoms with van der Waals surface area (Å²) in [6.07, 6.45) is 5.22. The first-order chi connectivity index (χ1) is 11.5. The smallest absolute Gasteiger partial charge is 0.224 e. The Balaban J connectivity index is 1.38. The number of rotatable bonds is 5. The lowest BCUT2D eigenvalue weighted by Gasteiger charge is -2.31. The van der Waals surface area contributed by atoms with Gasteiger partial charge in [0.25, 0.3) is 0 Å². The second-order valence-electron chi connectivity index (χ2n) is 7.42. The fraction of sp³-hybridized carbons (Fsp3) is 0.778. The summed E-state index contributed by atoms with van der Waals surface area (Å²) >= 11 is 0. The van der Waals surface area contributed by atoms with E-state index in [2.05, 4.69) is 15.2 Å². The number of aromatic nitrogens is 1. The Morgan fingerprint density at radius 3 is 2.62 bits per heavy atom. The molecule has 3 rings (SSSR count). The molecule has 2 fully saturated rings. The van der Waals surface area contributed by atoms with Crippen LogP contribution in [0, 0.1) is 25.7 Å². The number of likely N-dealkylation sites (tertiary alicyclic amines) is 1. The van der Waals surface area contributed by atoms with E-state index < -0.39 is 0 Å². The third-order valence-electron chi connectivity index (χ3n) is 5.61. The van der Waals surface area contributed by atoms with Gasteiger partial charge in [0.1, 0.15) is 5.76 Å². The zero-order valence-corrected chi connectivity index (χ0v) is 14.9. The van der Waals surface area contributed by atoms with E-state index in [1.165, 1.54) is 0 Å². The van der Waals surface area contributed by atoms with Crippen molar-refractivity contribution in [2.24, 2.45) is 17.6 Å². The topological polar surface area (TPSA) is 84.4 Å². The number of aryl methyl sites for hydroxylation is 2. The molecule has 0 aromatic carbocycles. The maximum Gasteiger partial charge on any atom is 0.224 e. The summed E-state index contributed by atoms with van der Waals surface area (Å²) in [6, 6.07) is 0.0551. The van der Waals surface area contributed by atoms with Crippen LogP contribution in [0.15, 0.2) is 4.42 Å². The first-order valence-electron chi connectivity index (χ1n) is 9.21. The molecule has 1 aromatic heterocycles. The molecular formula is C18H30N4O2.